The molecule has 0 radical (unpaired) electrons. The third-order valence-electron chi connectivity index (χ3n) is 4.71. The van der Waals surface area contributed by atoms with Crippen LogP contribution in [0.25, 0.3) is 10.9 Å². The van der Waals surface area contributed by atoms with Gasteiger partial charge in [0.1, 0.15) is 6.42 Å². The molecule has 8 nitrogen and oxygen atoms in total. The molecular formula is C21H24N4O4. The number of nitriles is 1. The maximum atomic E-state index is 12.3. The Morgan fingerprint density at radius 3 is 2.97 bits per heavy atom. The van der Waals surface area contributed by atoms with Gasteiger partial charge in [0.05, 0.1) is 47.4 Å². The second-order valence-electron chi connectivity index (χ2n) is 6.97. The van der Waals surface area contributed by atoms with Gasteiger partial charge >= 0.3 is 5.97 Å². The second kappa shape index (κ2) is 9.34. The summed E-state index contributed by atoms with van der Waals surface area (Å²) in [5, 5.41) is 16.3. The standard InChI is InChI=1S/C21H24N4O4/c1-3-28-20(27)10-19(26)25-18-12-23-17-5-4-14(11-22)9-16(17)21(18)24-15-6-7-29-13(2)8-15/h4-5,9,12-13,15H,3,6-8,10H2,1-2H3,(H,23,24)(H,25,26)/t13-,15-/m1/s1. The lowest BCUT2D eigenvalue weighted by atomic mass is 10.0. The van der Waals surface area contributed by atoms with Gasteiger partial charge in [-0.15, -0.1) is 0 Å². The number of esters is 1. The summed E-state index contributed by atoms with van der Waals surface area (Å²) >= 11 is 0. The molecule has 0 aliphatic carbocycles. The van der Waals surface area contributed by atoms with Crippen molar-refractivity contribution in [2.24, 2.45) is 0 Å². The van der Waals surface area contributed by atoms with E-state index in [0.717, 1.165) is 18.2 Å². The molecule has 29 heavy (non-hydrogen) atoms. The highest BCUT2D eigenvalue weighted by Crippen LogP contribution is 2.33. The van der Waals surface area contributed by atoms with Crippen molar-refractivity contribution in [1.82, 2.24) is 4.98 Å². The number of hydrogen-bond acceptors (Lipinski definition) is 7. The number of anilines is 2. The van der Waals surface area contributed by atoms with Crippen molar-refractivity contribution in [3.63, 3.8) is 0 Å². The van der Waals surface area contributed by atoms with Crippen LogP contribution in [-0.2, 0) is 19.1 Å². The van der Waals surface area contributed by atoms with E-state index in [1.54, 1.807) is 31.3 Å². The summed E-state index contributed by atoms with van der Waals surface area (Å²) in [6.07, 6.45) is 2.95. The number of rotatable bonds is 6. The van der Waals surface area contributed by atoms with E-state index in [0.29, 0.717) is 29.1 Å². The van der Waals surface area contributed by atoms with Crippen molar-refractivity contribution in [1.29, 1.82) is 5.26 Å². The maximum absolute atomic E-state index is 12.3. The molecule has 1 saturated heterocycles. The number of fused-ring (bicyclic) bond motifs is 1. The van der Waals surface area contributed by atoms with Crippen LogP contribution in [0.4, 0.5) is 11.4 Å². The monoisotopic (exact) mass is 396 g/mol. The van der Waals surface area contributed by atoms with Crippen LogP contribution in [0.5, 0.6) is 0 Å². The van der Waals surface area contributed by atoms with E-state index in [9.17, 15) is 14.9 Å². The summed E-state index contributed by atoms with van der Waals surface area (Å²) in [6, 6.07) is 7.50. The molecule has 2 atom stereocenters. The molecule has 1 aliphatic heterocycles. The first kappa shape index (κ1) is 20.6. The summed E-state index contributed by atoms with van der Waals surface area (Å²) in [7, 11) is 0. The number of ether oxygens (including phenoxy) is 2. The molecule has 8 heteroatoms. The number of hydrogen-bond donors (Lipinski definition) is 2. The number of carbonyl (C=O) groups is 2. The number of nitrogens with zero attached hydrogens (tertiary/aromatic N) is 2. The van der Waals surface area contributed by atoms with E-state index < -0.39 is 11.9 Å². The first-order valence-electron chi connectivity index (χ1n) is 9.66. The zero-order valence-corrected chi connectivity index (χ0v) is 16.5. The Hall–Kier alpha value is -3.18. The second-order valence-corrected chi connectivity index (χ2v) is 6.97. The lowest BCUT2D eigenvalue weighted by molar-refractivity contribution is -0.145. The quantitative estimate of drug-likeness (QED) is 0.570. The lowest BCUT2D eigenvalue weighted by Crippen LogP contribution is -2.33. The largest absolute Gasteiger partial charge is 0.466 e. The van der Waals surface area contributed by atoms with E-state index in [1.807, 2.05) is 6.92 Å². The van der Waals surface area contributed by atoms with Crippen molar-refractivity contribution in [2.45, 2.75) is 45.3 Å². The van der Waals surface area contributed by atoms with Crippen LogP contribution in [0.3, 0.4) is 0 Å². The van der Waals surface area contributed by atoms with Gasteiger partial charge in [-0.05, 0) is 44.9 Å². The van der Waals surface area contributed by atoms with Crippen LogP contribution < -0.4 is 10.6 Å². The number of pyridine rings is 1. The fourth-order valence-electron chi connectivity index (χ4n) is 3.38. The summed E-state index contributed by atoms with van der Waals surface area (Å²) in [6.45, 7) is 4.58. The summed E-state index contributed by atoms with van der Waals surface area (Å²) in [5.41, 5.74) is 2.34. The highest BCUT2D eigenvalue weighted by Gasteiger charge is 2.22. The van der Waals surface area contributed by atoms with Gasteiger partial charge in [0.2, 0.25) is 5.91 Å². The number of amides is 1. The molecule has 2 N–H and O–H groups in total. The van der Waals surface area contributed by atoms with Crippen molar-refractivity contribution >= 4 is 34.2 Å². The van der Waals surface area contributed by atoms with E-state index in [1.165, 1.54) is 0 Å². The molecule has 0 saturated carbocycles. The first-order chi connectivity index (χ1) is 14.0. The predicted molar refractivity (Wildman–Crippen MR) is 108 cm³/mol. The molecule has 0 spiro atoms. The normalized spacial score (nSPS) is 18.7. The van der Waals surface area contributed by atoms with Crippen LogP contribution in [0.15, 0.2) is 24.4 Å². The number of carbonyl (C=O) groups excluding carboxylic acids is 2. The topological polar surface area (TPSA) is 113 Å². The SMILES string of the molecule is CCOC(=O)CC(=O)Nc1cnc2ccc(C#N)cc2c1N[C@@H]1CCO[C@H](C)C1. The Labute approximate surface area is 169 Å². The Morgan fingerprint density at radius 2 is 2.24 bits per heavy atom. The fourth-order valence-corrected chi connectivity index (χ4v) is 3.38. The zero-order valence-electron chi connectivity index (χ0n) is 16.5. The van der Waals surface area contributed by atoms with E-state index in [4.69, 9.17) is 9.47 Å². The van der Waals surface area contributed by atoms with E-state index >= 15 is 0 Å². The van der Waals surface area contributed by atoms with Crippen molar-refractivity contribution in [3.05, 3.63) is 30.0 Å². The molecule has 0 bridgehead atoms. The highest BCUT2D eigenvalue weighted by molar-refractivity contribution is 6.07. The summed E-state index contributed by atoms with van der Waals surface area (Å²) in [5.74, 6) is -1.07. The molecule has 1 aromatic carbocycles. The lowest BCUT2D eigenvalue weighted by Gasteiger charge is -2.30. The molecular weight excluding hydrogens is 372 g/mol. The summed E-state index contributed by atoms with van der Waals surface area (Å²) < 4.78 is 10.4. The Morgan fingerprint density at radius 1 is 1.41 bits per heavy atom. The van der Waals surface area contributed by atoms with E-state index in [2.05, 4.69) is 21.7 Å². The van der Waals surface area contributed by atoms with Crippen molar-refractivity contribution < 1.29 is 19.1 Å². The Kier molecular flexibility index (Phi) is 6.62. The van der Waals surface area contributed by atoms with Crippen LogP contribution in [0.1, 0.15) is 38.7 Å². The number of benzene rings is 1. The van der Waals surface area contributed by atoms with Crippen LogP contribution in [-0.4, -0.2) is 42.2 Å². The Balaban J connectivity index is 1.93. The molecule has 1 aromatic heterocycles. The minimum atomic E-state index is -0.585. The van der Waals surface area contributed by atoms with Gasteiger partial charge in [-0.2, -0.15) is 5.26 Å². The Bertz CT molecular complexity index is 954. The molecule has 2 heterocycles. The zero-order chi connectivity index (χ0) is 20.8. The first-order valence-corrected chi connectivity index (χ1v) is 9.66. The fraction of sp³-hybridized carbons (Fsp3) is 0.429. The van der Waals surface area contributed by atoms with Crippen molar-refractivity contribution in [3.8, 4) is 6.07 Å². The van der Waals surface area contributed by atoms with Crippen LogP contribution in [0.2, 0.25) is 0 Å². The predicted octanol–water partition coefficient (Wildman–Crippen LogP) is 2.98. The maximum Gasteiger partial charge on any atom is 0.315 e. The molecule has 3 rings (SSSR count). The van der Waals surface area contributed by atoms with Gasteiger partial charge in [-0.1, -0.05) is 0 Å². The average molecular weight is 396 g/mol. The number of nitrogens with one attached hydrogen (secondary N) is 2. The average Bonchev–Trinajstić information content (AvgIpc) is 2.69. The van der Waals surface area contributed by atoms with Crippen LogP contribution >= 0.6 is 0 Å². The van der Waals surface area contributed by atoms with Gasteiger partial charge in [-0.3, -0.25) is 14.6 Å². The van der Waals surface area contributed by atoms with Gasteiger partial charge in [0.25, 0.3) is 0 Å². The minimum absolute atomic E-state index is 0.130. The van der Waals surface area contributed by atoms with Gasteiger partial charge in [0, 0.05) is 18.0 Å². The molecule has 1 amide bonds. The number of aromatic nitrogens is 1. The molecule has 1 aliphatic rings. The van der Waals surface area contributed by atoms with Crippen LogP contribution in [0, 0.1) is 11.3 Å². The molecule has 0 unspecified atom stereocenters. The van der Waals surface area contributed by atoms with Gasteiger partial charge < -0.3 is 20.1 Å². The summed E-state index contributed by atoms with van der Waals surface area (Å²) in [4.78, 5) is 28.3. The van der Waals surface area contributed by atoms with E-state index in [-0.39, 0.29) is 25.2 Å². The molecule has 1 fully saturated rings. The molecule has 2 aromatic rings. The minimum Gasteiger partial charge on any atom is -0.466 e. The van der Waals surface area contributed by atoms with Gasteiger partial charge in [-0.25, -0.2) is 0 Å². The smallest absolute Gasteiger partial charge is 0.315 e. The van der Waals surface area contributed by atoms with Gasteiger partial charge in [0.15, 0.2) is 0 Å². The highest BCUT2D eigenvalue weighted by atomic mass is 16.5. The third-order valence-corrected chi connectivity index (χ3v) is 4.71. The molecule has 152 valence electrons. The third kappa shape index (κ3) is 5.21. The van der Waals surface area contributed by atoms with Crippen molar-refractivity contribution in [2.75, 3.05) is 23.8 Å².